The molecule has 0 aromatic heterocycles. The lowest BCUT2D eigenvalue weighted by Gasteiger charge is -2.15. The summed E-state index contributed by atoms with van der Waals surface area (Å²) in [6.45, 7) is 7.60. The van der Waals surface area contributed by atoms with E-state index in [1.165, 1.54) is 12.5 Å². The van der Waals surface area contributed by atoms with E-state index in [-0.39, 0.29) is 35.9 Å². The van der Waals surface area contributed by atoms with E-state index in [9.17, 15) is 4.39 Å². The van der Waals surface area contributed by atoms with Gasteiger partial charge < -0.3 is 20.3 Å². The van der Waals surface area contributed by atoms with Gasteiger partial charge in [-0.25, -0.2) is 4.39 Å². The van der Waals surface area contributed by atoms with Crippen molar-refractivity contribution >= 4 is 35.6 Å². The van der Waals surface area contributed by atoms with Gasteiger partial charge in [0.15, 0.2) is 5.96 Å². The fourth-order valence-electron chi connectivity index (χ4n) is 3.58. The number of aliphatic imine (C=N–C) groups is 1. The van der Waals surface area contributed by atoms with Gasteiger partial charge in [-0.15, -0.1) is 24.0 Å². The molecule has 31 heavy (non-hydrogen) atoms. The van der Waals surface area contributed by atoms with E-state index in [0.29, 0.717) is 24.4 Å². The van der Waals surface area contributed by atoms with Crippen LogP contribution in [-0.2, 0) is 6.42 Å². The predicted octanol–water partition coefficient (Wildman–Crippen LogP) is 4.78. The maximum Gasteiger partial charge on any atom is 0.195 e. The molecule has 2 N–H and O–H groups in total. The number of likely N-dealkylation sites (tertiary alicyclic amines) is 1. The van der Waals surface area contributed by atoms with Crippen LogP contribution in [0.1, 0.15) is 25.8 Å². The van der Waals surface area contributed by atoms with Crippen molar-refractivity contribution in [2.75, 3.05) is 38.5 Å². The first-order chi connectivity index (χ1) is 14.5. The second-order valence-corrected chi connectivity index (χ2v) is 8.19. The lowest BCUT2D eigenvalue weighted by molar-refractivity contribution is 0.242. The normalized spacial score (nSPS) is 16.8. The molecule has 0 spiro atoms. The molecular weight excluding hydrogens is 506 g/mol. The van der Waals surface area contributed by atoms with Crippen LogP contribution in [0.3, 0.4) is 0 Å². The summed E-state index contributed by atoms with van der Waals surface area (Å²) in [5.41, 5.74) is 1.64. The smallest absolute Gasteiger partial charge is 0.195 e. The number of hydrogen-bond acceptors (Lipinski definition) is 3. The summed E-state index contributed by atoms with van der Waals surface area (Å²) in [4.78, 5) is 7.14. The van der Waals surface area contributed by atoms with Crippen LogP contribution in [-0.4, -0.2) is 50.2 Å². The van der Waals surface area contributed by atoms with Gasteiger partial charge in [0.1, 0.15) is 11.6 Å². The first-order valence-corrected chi connectivity index (χ1v) is 10.7. The molecule has 1 saturated heterocycles. The van der Waals surface area contributed by atoms with Gasteiger partial charge in [0.05, 0.1) is 6.10 Å². The van der Waals surface area contributed by atoms with Gasteiger partial charge in [-0.2, -0.15) is 0 Å². The van der Waals surface area contributed by atoms with Crippen LogP contribution in [0.15, 0.2) is 53.5 Å². The summed E-state index contributed by atoms with van der Waals surface area (Å²) in [5.74, 6) is 1.97. The molecule has 1 aliphatic rings. The molecule has 170 valence electrons. The van der Waals surface area contributed by atoms with E-state index in [4.69, 9.17) is 9.73 Å². The number of halogens is 2. The molecule has 7 heteroatoms. The SMILES string of the molecule is CC(C)Oc1ccc(NC(=NCC2CCN(C)C2)NCCc2ccccc2F)cc1.I. The molecule has 5 nitrogen and oxygen atoms in total. The number of anilines is 1. The van der Waals surface area contributed by atoms with Crippen molar-refractivity contribution in [3.05, 3.63) is 59.9 Å². The fraction of sp³-hybridized carbons (Fsp3) is 0.458. The third-order valence-electron chi connectivity index (χ3n) is 5.13. The van der Waals surface area contributed by atoms with Crippen LogP contribution in [0.5, 0.6) is 5.75 Å². The third-order valence-corrected chi connectivity index (χ3v) is 5.13. The first-order valence-electron chi connectivity index (χ1n) is 10.7. The summed E-state index contributed by atoms with van der Waals surface area (Å²) in [6.07, 6.45) is 1.91. The van der Waals surface area contributed by atoms with Crippen molar-refractivity contribution in [1.82, 2.24) is 10.2 Å². The van der Waals surface area contributed by atoms with Crippen LogP contribution in [0, 0.1) is 11.7 Å². The number of hydrogen-bond donors (Lipinski definition) is 2. The molecular formula is C24H34FIN4O. The molecule has 1 atom stereocenters. The molecule has 1 aliphatic heterocycles. The van der Waals surface area contributed by atoms with E-state index in [1.807, 2.05) is 50.2 Å². The molecule has 0 amide bonds. The van der Waals surface area contributed by atoms with Crippen LogP contribution in [0.4, 0.5) is 10.1 Å². The third kappa shape index (κ3) is 8.65. The quantitative estimate of drug-likeness (QED) is 0.288. The number of rotatable bonds is 8. The minimum Gasteiger partial charge on any atom is -0.491 e. The Kier molecular flexibility index (Phi) is 10.5. The van der Waals surface area contributed by atoms with E-state index in [1.54, 1.807) is 6.07 Å². The Morgan fingerprint density at radius 2 is 1.94 bits per heavy atom. The lowest BCUT2D eigenvalue weighted by atomic mass is 10.1. The van der Waals surface area contributed by atoms with Crippen molar-refractivity contribution in [3.8, 4) is 5.75 Å². The average Bonchev–Trinajstić information content (AvgIpc) is 3.13. The zero-order chi connectivity index (χ0) is 21.3. The second kappa shape index (κ2) is 12.9. The van der Waals surface area contributed by atoms with Crippen molar-refractivity contribution in [2.24, 2.45) is 10.9 Å². The molecule has 2 aromatic rings. The van der Waals surface area contributed by atoms with Crippen LogP contribution in [0.2, 0.25) is 0 Å². The summed E-state index contributed by atoms with van der Waals surface area (Å²) < 4.78 is 19.6. The average molecular weight is 540 g/mol. The van der Waals surface area contributed by atoms with E-state index >= 15 is 0 Å². The summed E-state index contributed by atoms with van der Waals surface area (Å²) >= 11 is 0. The highest BCUT2D eigenvalue weighted by Crippen LogP contribution is 2.18. The second-order valence-electron chi connectivity index (χ2n) is 8.19. The van der Waals surface area contributed by atoms with E-state index in [0.717, 1.165) is 37.0 Å². The Bertz CT molecular complexity index is 829. The minimum absolute atomic E-state index is 0. The number of guanidine groups is 1. The maximum atomic E-state index is 13.9. The lowest BCUT2D eigenvalue weighted by Crippen LogP contribution is -2.33. The molecule has 0 saturated carbocycles. The van der Waals surface area contributed by atoms with Crippen LogP contribution < -0.4 is 15.4 Å². The van der Waals surface area contributed by atoms with Gasteiger partial charge >= 0.3 is 0 Å². The zero-order valence-corrected chi connectivity index (χ0v) is 20.9. The van der Waals surface area contributed by atoms with Crippen LogP contribution in [0.25, 0.3) is 0 Å². The number of ether oxygens (including phenoxy) is 1. The Labute approximate surface area is 202 Å². The van der Waals surface area contributed by atoms with Gasteiger partial charge in [-0.05, 0) is 82.1 Å². The van der Waals surface area contributed by atoms with Crippen molar-refractivity contribution in [2.45, 2.75) is 32.8 Å². The van der Waals surface area contributed by atoms with Gasteiger partial charge in [0.2, 0.25) is 0 Å². The fourth-order valence-corrected chi connectivity index (χ4v) is 3.58. The Balaban J connectivity index is 0.00000341. The van der Waals surface area contributed by atoms with Crippen molar-refractivity contribution < 1.29 is 9.13 Å². The van der Waals surface area contributed by atoms with Gasteiger partial charge in [0.25, 0.3) is 0 Å². The van der Waals surface area contributed by atoms with Gasteiger partial charge in [0, 0.05) is 25.3 Å². The molecule has 0 radical (unpaired) electrons. The highest BCUT2D eigenvalue weighted by atomic mass is 127. The Morgan fingerprint density at radius 1 is 1.19 bits per heavy atom. The number of nitrogens with zero attached hydrogens (tertiary/aromatic N) is 2. The highest BCUT2D eigenvalue weighted by molar-refractivity contribution is 14.0. The number of benzene rings is 2. The topological polar surface area (TPSA) is 48.9 Å². The summed E-state index contributed by atoms with van der Waals surface area (Å²) in [6, 6.07) is 14.8. The molecule has 1 fully saturated rings. The van der Waals surface area contributed by atoms with Gasteiger partial charge in [-0.1, -0.05) is 18.2 Å². The molecule has 2 aromatic carbocycles. The highest BCUT2D eigenvalue weighted by Gasteiger charge is 2.19. The molecule has 0 bridgehead atoms. The van der Waals surface area contributed by atoms with E-state index in [2.05, 4.69) is 22.6 Å². The Hall–Kier alpha value is -1.87. The van der Waals surface area contributed by atoms with Crippen LogP contribution >= 0.6 is 24.0 Å². The predicted molar refractivity (Wildman–Crippen MR) is 137 cm³/mol. The minimum atomic E-state index is -0.166. The maximum absolute atomic E-state index is 13.9. The monoisotopic (exact) mass is 540 g/mol. The zero-order valence-electron chi connectivity index (χ0n) is 18.6. The van der Waals surface area contributed by atoms with E-state index < -0.39 is 0 Å². The molecule has 3 rings (SSSR count). The molecule has 1 unspecified atom stereocenters. The van der Waals surface area contributed by atoms with Crippen molar-refractivity contribution in [3.63, 3.8) is 0 Å². The number of nitrogens with one attached hydrogen (secondary N) is 2. The molecule has 0 aliphatic carbocycles. The van der Waals surface area contributed by atoms with Crippen molar-refractivity contribution in [1.29, 1.82) is 0 Å². The summed E-state index contributed by atoms with van der Waals surface area (Å²) in [7, 11) is 2.15. The standard InChI is InChI=1S/C24H33FN4O.HI/c1-18(2)30-22-10-8-21(9-11-22)28-24(27-16-19-13-15-29(3)17-19)26-14-12-20-6-4-5-7-23(20)25;/h4-11,18-19H,12-17H2,1-3H3,(H2,26,27,28);1H. The summed E-state index contributed by atoms with van der Waals surface area (Å²) in [5, 5.41) is 6.72. The molecule has 1 heterocycles. The van der Waals surface area contributed by atoms with Gasteiger partial charge in [-0.3, -0.25) is 4.99 Å². The largest absolute Gasteiger partial charge is 0.491 e. The Morgan fingerprint density at radius 3 is 2.58 bits per heavy atom. The first kappa shape index (κ1) is 25.4.